The minimum Gasteiger partial charge on any atom is -0.458 e. The molecule has 1 unspecified atom stereocenters. The zero-order chi connectivity index (χ0) is 25.5. The van der Waals surface area contributed by atoms with Crippen molar-refractivity contribution in [2.24, 2.45) is 40.4 Å². The quantitative estimate of drug-likeness (QED) is 0.358. The van der Waals surface area contributed by atoms with Gasteiger partial charge in [0.2, 0.25) is 0 Å². The minimum absolute atomic E-state index is 0.0320. The average Bonchev–Trinajstić information content (AvgIpc) is 3.22. The van der Waals surface area contributed by atoms with E-state index < -0.39 is 0 Å². The molecule has 0 spiro atoms. The van der Waals surface area contributed by atoms with E-state index in [2.05, 4.69) is 46.8 Å². The van der Waals surface area contributed by atoms with Crippen LogP contribution in [0.25, 0.3) is 0 Å². The summed E-state index contributed by atoms with van der Waals surface area (Å²) in [6, 6.07) is 9.56. The van der Waals surface area contributed by atoms with E-state index in [1.54, 1.807) is 5.57 Å². The first-order valence-electron chi connectivity index (χ1n) is 14.9. The maximum absolute atomic E-state index is 13.1. The van der Waals surface area contributed by atoms with Gasteiger partial charge in [-0.25, -0.2) is 4.79 Å². The molecule has 0 saturated heterocycles. The summed E-state index contributed by atoms with van der Waals surface area (Å²) in [5.74, 6) is 3.52. The van der Waals surface area contributed by atoms with Crippen molar-refractivity contribution >= 4 is 5.97 Å². The highest BCUT2D eigenvalue weighted by molar-refractivity contribution is 5.89. The van der Waals surface area contributed by atoms with Crippen LogP contribution in [0.1, 0.15) is 109 Å². The van der Waals surface area contributed by atoms with E-state index in [4.69, 9.17) is 4.74 Å². The summed E-state index contributed by atoms with van der Waals surface area (Å²) in [6.45, 7) is 12.3. The van der Waals surface area contributed by atoms with Crippen LogP contribution >= 0.6 is 0 Å². The summed E-state index contributed by atoms with van der Waals surface area (Å²) in [6.07, 6.45) is 17.6. The number of hydrogen-bond acceptors (Lipinski definition) is 2. The Morgan fingerprint density at radius 3 is 2.50 bits per heavy atom. The van der Waals surface area contributed by atoms with Gasteiger partial charge in [-0.05, 0) is 92.1 Å². The van der Waals surface area contributed by atoms with Crippen molar-refractivity contribution in [3.05, 3.63) is 59.2 Å². The number of esters is 1. The molecule has 7 atom stereocenters. The Labute approximate surface area is 220 Å². The lowest BCUT2D eigenvalue weighted by molar-refractivity contribution is -0.0458. The molecule has 4 aliphatic carbocycles. The molecule has 0 aliphatic heterocycles. The molecule has 36 heavy (non-hydrogen) atoms. The number of hydrogen-bond donors (Lipinski definition) is 0. The van der Waals surface area contributed by atoms with Gasteiger partial charge >= 0.3 is 5.97 Å². The van der Waals surface area contributed by atoms with Crippen molar-refractivity contribution in [2.75, 3.05) is 0 Å². The SMILES string of the molecule is CC(C)CCC[C@@H](C)[C@H]1CC[C@H]2C3=CC=C4CCCC(OC(=O)c5ccccc5)[C@]4(C)[C@H]3CC[C@]12C. The fourth-order valence-electron chi connectivity index (χ4n) is 9.01. The van der Waals surface area contributed by atoms with Crippen LogP contribution in [0.3, 0.4) is 0 Å². The second-order valence-corrected chi connectivity index (χ2v) is 13.4. The number of ether oxygens (including phenoxy) is 1. The molecular weight excluding hydrogens is 440 g/mol. The first-order chi connectivity index (χ1) is 17.2. The standard InChI is InChI=1S/C34H48O2/c1-23(2)11-9-12-24(3)28-19-20-29-27-18-17-26-15-10-16-31(36-32(35)25-13-7-6-8-14-25)34(26,5)30(27)21-22-33(28,29)4/h6-8,13-14,17-18,23-24,28-31H,9-12,15-16,19-22H2,1-5H3/t24-,28-,29+,30+,31?,33-,34+/m1/s1. The number of carbonyl (C=O) groups is 1. The first kappa shape index (κ1) is 25.8. The topological polar surface area (TPSA) is 26.3 Å². The number of benzene rings is 1. The lowest BCUT2D eigenvalue weighted by Crippen LogP contribution is -2.51. The van der Waals surface area contributed by atoms with Crippen LogP contribution in [0.15, 0.2) is 53.6 Å². The van der Waals surface area contributed by atoms with Gasteiger partial charge in [0.25, 0.3) is 0 Å². The third-order valence-electron chi connectivity index (χ3n) is 11.0. The molecule has 5 rings (SSSR count). The Balaban J connectivity index is 1.36. The van der Waals surface area contributed by atoms with Crippen molar-refractivity contribution < 1.29 is 9.53 Å². The predicted molar refractivity (Wildman–Crippen MR) is 149 cm³/mol. The van der Waals surface area contributed by atoms with Gasteiger partial charge in [-0.2, -0.15) is 0 Å². The molecular formula is C34H48O2. The van der Waals surface area contributed by atoms with Crippen LogP contribution in [0.5, 0.6) is 0 Å². The lowest BCUT2D eigenvalue weighted by Gasteiger charge is -2.56. The first-order valence-corrected chi connectivity index (χ1v) is 14.9. The van der Waals surface area contributed by atoms with E-state index in [-0.39, 0.29) is 17.5 Å². The van der Waals surface area contributed by atoms with E-state index in [1.165, 1.54) is 50.5 Å². The fraction of sp³-hybridized carbons (Fsp3) is 0.676. The van der Waals surface area contributed by atoms with Crippen molar-refractivity contribution in [3.8, 4) is 0 Å². The molecule has 1 aromatic carbocycles. The predicted octanol–water partition coefficient (Wildman–Crippen LogP) is 9.17. The van der Waals surface area contributed by atoms with Gasteiger partial charge in [-0.1, -0.05) is 95.4 Å². The van der Waals surface area contributed by atoms with Crippen molar-refractivity contribution in [1.82, 2.24) is 0 Å². The molecule has 0 heterocycles. The molecule has 1 aromatic rings. The Morgan fingerprint density at radius 2 is 1.75 bits per heavy atom. The van der Waals surface area contributed by atoms with Crippen LogP contribution in [-0.2, 0) is 4.74 Å². The van der Waals surface area contributed by atoms with Crippen molar-refractivity contribution in [1.29, 1.82) is 0 Å². The number of fused-ring (bicyclic) bond motifs is 5. The molecule has 196 valence electrons. The summed E-state index contributed by atoms with van der Waals surface area (Å²) in [4.78, 5) is 13.1. The average molecular weight is 489 g/mol. The number of carbonyl (C=O) groups excluding carboxylic acids is 1. The molecule has 2 nitrogen and oxygen atoms in total. The molecule has 2 heteroatoms. The van der Waals surface area contributed by atoms with Gasteiger partial charge in [0.15, 0.2) is 0 Å². The third kappa shape index (κ3) is 4.41. The fourth-order valence-corrected chi connectivity index (χ4v) is 9.01. The van der Waals surface area contributed by atoms with E-state index >= 15 is 0 Å². The molecule has 0 radical (unpaired) electrons. The van der Waals surface area contributed by atoms with Gasteiger partial charge < -0.3 is 4.74 Å². The molecule has 0 bridgehead atoms. The van der Waals surface area contributed by atoms with Gasteiger partial charge in [0, 0.05) is 5.41 Å². The van der Waals surface area contributed by atoms with Crippen LogP contribution < -0.4 is 0 Å². The second kappa shape index (κ2) is 10.1. The molecule has 3 fully saturated rings. The van der Waals surface area contributed by atoms with Gasteiger partial charge in [-0.15, -0.1) is 0 Å². The Bertz CT molecular complexity index is 1000. The highest BCUT2D eigenvalue weighted by Gasteiger charge is 2.59. The van der Waals surface area contributed by atoms with Crippen LogP contribution in [0.2, 0.25) is 0 Å². The number of rotatable bonds is 7. The molecule has 0 N–H and O–H groups in total. The Morgan fingerprint density at radius 1 is 0.972 bits per heavy atom. The monoisotopic (exact) mass is 488 g/mol. The summed E-state index contributed by atoms with van der Waals surface area (Å²) in [5, 5.41) is 0. The highest BCUT2D eigenvalue weighted by atomic mass is 16.5. The largest absolute Gasteiger partial charge is 0.458 e. The van der Waals surface area contributed by atoms with Crippen LogP contribution in [0, 0.1) is 40.4 Å². The Hall–Kier alpha value is -1.83. The van der Waals surface area contributed by atoms with Crippen LogP contribution in [0.4, 0.5) is 0 Å². The number of allylic oxidation sites excluding steroid dienone is 3. The van der Waals surface area contributed by atoms with Crippen LogP contribution in [-0.4, -0.2) is 12.1 Å². The molecule has 3 saturated carbocycles. The third-order valence-corrected chi connectivity index (χ3v) is 11.0. The molecule has 4 aliphatic rings. The van der Waals surface area contributed by atoms with E-state index in [0.29, 0.717) is 22.8 Å². The summed E-state index contributed by atoms with van der Waals surface area (Å²) in [5.41, 5.74) is 4.24. The van der Waals surface area contributed by atoms with E-state index in [9.17, 15) is 4.79 Å². The zero-order valence-corrected chi connectivity index (χ0v) is 23.4. The van der Waals surface area contributed by atoms with Gasteiger partial charge in [0.1, 0.15) is 6.10 Å². The normalized spacial score (nSPS) is 36.3. The Kier molecular flexibility index (Phi) is 7.27. The molecule has 0 amide bonds. The summed E-state index contributed by atoms with van der Waals surface area (Å²) < 4.78 is 6.35. The molecule has 0 aromatic heterocycles. The van der Waals surface area contributed by atoms with Crippen molar-refractivity contribution in [2.45, 2.75) is 105 Å². The highest BCUT2D eigenvalue weighted by Crippen LogP contribution is 2.66. The van der Waals surface area contributed by atoms with Crippen molar-refractivity contribution in [3.63, 3.8) is 0 Å². The zero-order valence-electron chi connectivity index (χ0n) is 23.4. The van der Waals surface area contributed by atoms with Gasteiger partial charge in [0.05, 0.1) is 5.56 Å². The maximum Gasteiger partial charge on any atom is 0.338 e. The minimum atomic E-state index is -0.157. The summed E-state index contributed by atoms with van der Waals surface area (Å²) >= 11 is 0. The lowest BCUT2D eigenvalue weighted by atomic mass is 9.49. The smallest absolute Gasteiger partial charge is 0.338 e. The second-order valence-electron chi connectivity index (χ2n) is 13.4. The van der Waals surface area contributed by atoms with Gasteiger partial charge in [-0.3, -0.25) is 0 Å². The van der Waals surface area contributed by atoms with E-state index in [0.717, 1.165) is 37.0 Å². The van der Waals surface area contributed by atoms with E-state index in [1.807, 2.05) is 30.3 Å². The maximum atomic E-state index is 13.1. The summed E-state index contributed by atoms with van der Waals surface area (Å²) in [7, 11) is 0.